The molecule has 0 bridgehead atoms. The van der Waals surface area contributed by atoms with Gasteiger partial charge in [-0.3, -0.25) is 4.79 Å². The Kier molecular flexibility index (Phi) is 5.58. The molecule has 15 heavy (non-hydrogen) atoms. The van der Waals surface area contributed by atoms with Gasteiger partial charge in [-0.05, 0) is 17.4 Å². The third-order valence-electron chi connectivity index (χ3n) is 1.94. The van der Waals surface area contributed by atoms with E-state index < -0.39 is 0 Å². The number of carbonyl (C=O) groups is 1. The number of hydrogen-bond acceptors (Lipinski definition) is 2. The van der Waals surface area contributed by atoms with Gasteiger partial charge >= 0.3 is 0 Å². The molecule has 82 valence electrons. The van der Waals surface area contributed by atoms with Crippen LogP contribution in [0.3, 0.4) is 0 Å². The van der Waals surface area contributed by atoms with Gasteiger partial charge in [-0.1, -0.05) is 24.3 Å². The lowest BCUT2D eigenvalue weighted by molar-refractivity contribution is -0.118. The van der Waals surface area contributed by atoms with Gasteiger partial charge in [-0.15, -0.1) is 11.6 Å². The summed E-state index contributed by atoms with van der Waals surface area (Å²) in [6, 6.07) is 7.92. The quantitative estimate of drug-likeness (QED) is 0.805. The molecule has 4 heteroatoms. The van der Waals surface area contributed by atoms with Crippen LogP contribution in [0.2, 0.25) is 0 Å². The van der Waals surface area contributed by atoms with Crippen molar-refractivity contribution in [3.63, 3.8) is 0 Å². The Balaban J connectivity index is 2.40. The van der Waals surface area contributed by atoms with E-state index in [1.807, 2.05) is 30.5 Å². The van der Waals surface area contributed by atoms with Crippen LogP contribution in [0.1, 0.15) is 11.1 Å². The molecule has 0 radical (unpaired) electrons. The molecule has 1 N–H and O–H groups in total. The first-order valence-electron chi connectivity index (χ1n) is 4.65. The van der Waals surface area contributed by atoms with Crippen LogP contribution in [-0.4, -0.2) is 17.9 Å². The molecule has 0 heterocycles. The molecule has 0 atom stereocenters. The molecule has 0 aliphatic heterocycles. The topological polar surface area (TPSA) is 29.1 Å². The minimum absolute atomic E-state index is 0.0731. The maximum atomic E-state index is 11.2. The summed E-state index contributed by atoms with van der Waals surface area (Å²) in [6.45, 7) is 0.585. The summed E-state index contributed by atoms with van der Waals surface area (Å²) >= 11 is 7.20. The Morgan fingerprint density at radius 3 is 2.47 bits per heavy atom. The first-order chi connectivity index (χ1) is 7.26. The first-order valence-corrected chi connectivity index (χ1v) is 6.58. The number of benzene rings is 1. The number of halogens is 1. The van der Waals surface area contributed by atoms with Crippen LogP contribution < -0.4 is 5.32 Å². The molecule has 0 fully saturated rings. The van der Waals surface area contributed by atoms with Crippen LogP contribution in [0, 0.1) is 0 Å². The second-order valence-corrected chi connectivity index (χ2v) is 4.29. The number of alkyl halides is 1. The van der Waals surface area contributed by atoms with Crippen molar-refractivity contribution >= 4 is 29.3 Å². The van der Waals surface area contributed by atoms with Gasteiger partial charge in [0.15, 0.2) is 0 Å². The van der Waals surface area contributed by atoms with Gasteiger partial charge in [0.05, 0.1) is 5.75 Å². The number of thioether (sulfide) groups is 1. The normalized spacial score (nSPS) is 10.0. The lowest BCUT2D eigenvalue weighted by Gasteiger charge is -2.04. The number of carbonyl (C=O) groups excluding carboxylic acids is 1. The van der Waals surface area contributed by atoms with E-state index in [4.69, 9.17) is 11.6 Å². The van der Waals surface area contributed by atoms with Gasteiger partial charge in [0.2, 0.25) is 5.91 Å². The predicted molar refractivity (Wildman–Crippen MR) is 66.2 cm³/mol. The highest BCUT2D eigenvalue weighted by Gasteiger charge is 1.99. The van der Waals surface area contributed by atoms with Gasteiger partial charge in [-0.25, -0.2) is 0 Å². The van der Waals surface area contributed by atoms with Gasteiger partial charge < -0.3 is 5.32 Å². The van der Waals surface area contributed by atoms with Crippen LogP contribution in [-0.2, 0) is 17.2 Å². The fourth-order valence-corrected chi connectivity index (χ4v) is 1.67. The van der Waals surface area contributed by atoms with Crippen LogP contribution in [0.15, 0.2) is 24.3 Å². The van der Waals surface area contributed by atoms with Crippen LogP contribution in [0.4, 0.5) is 0 Å². The maximum Gasteiger partial charge on any atom is 0.230 e. The van der Waals surface area contributed by atoms with E-state index >= 15 is 0 Å². The summed E-state index contributed by atoms with van der Waals surface area (Å²) < 4.78 is 0. The fourth-order valence-electron chi connectivity index (χ4n) is 1.13. The SMILES string of the molecule is CSCC(=O)NCc1ccc(CCl)cc1. The zero-order chi connectivity index (χ0) is 11.1. The Morgan fingerprint density at radius 1 is 1.33 bits per heavy atom. The van der Waals surface area contributed by atoms with E-state index in [1.54, 1.807) is 0 Å². The van der Waals surface area contributed by atoms with E-state index in [1.165, 1.54) is 11.8 Å². The first kappa shape index (κ1) is 12.4. The van der Waals surface area contributed by atoms with E-state index in [-0.39, 0.29) is 5.91 Å². The number of rotatable bonds is 5. The molecule has 1 aromatic rings. The maximum absolute atomic E-state index is 11.2. The lowest BCUT2D eigenvalue weighted by atomic mass is 10.1. The largest absolute Gasteiger partial charge is 0.351 e. The number of nitrogens with one attached hydrogen (secondary N) is 1. The van der Waals surface area contributed by atoms with Crippen molar-refractivity contribution in [3.05, 3.63) is 35.4 Å². The molecule has 0 spiro atoms. The van der Waals surface area contributed by atoms with Gasteiger partial charge in [0, 0.05) is 12.4 Å². The number of amides is 1. The lowest BCUT2D eigenvalue weighted by Crippen LogP contribution is -2.24. The van der Waals surface area contributed by atoms with Gasteiger partial charge in [-0.2, -0.15) is 11.8 Å². The summed E-state index contributed by atoms with van der Waals surface area (Å²) in [7, 11) is 0. The Bertz CT molecular complexity index is 313. The average Bonchev–Trinajstić information content (AvgIpc) is 2.27. The Hall–Kier alpha value is -0.670. The van der Waals surface area contributed by atoms with Crippen molar-refractivity contribution in [2.24, 2.45) is 0 Å². The minimum Gasteiger partial charge on any atom is -0.351 e. The standard InChI is InChI=1S/C11H14ClNOS/c1-15-8-11(14)13-7-10-4-2-9(6-12)3-5-10/h2-5H,6-8H2,1H3,(H,13,14). The van der Waals surface area contributed by atoms with Crippen LogP contribution in [0.5, 0.6) is 0 Å². The molecule has 0 aromatic heterocycles. The van der Waals surface area contributed by atoms with Gasteiger partial charge in [0.25, 0.3) is 0 Å². The van der Waals surface area contributed by atoms with Crippen molar-refractivity contribution in [2.45, 2.75) is 12.4 Å². The molecular formula is C11H14ClNOS. The molecule has 0 aliphatic carbocycles. The zero-order valence-corrected chi connectivity index (χ0v) is 10.2. The third kappa shape index (κ3) is 4.58. The molecule has 1 aromatic carbocycles. The van der Waals surface area contributed by atoms with E-state index in [9.17, 15) is 4.79 Å². The molecule has 2 nitrogen and oxygen atoms in total. The monoisotopic (exact) mass is 243 g/mol. The second-order valence-electron chi connectivity index (χ2n) is 3.16. The zero-order valence-electron chi connectivity index (χ0n) is 8.63. The van der Waals surface area contributed by atoms with Crippen LogP contribution in [0.25, 0.3) is 0 Å². The molecular weight excluding hydrogens is 230 g/mol. The highest BCUT2D eigenvalue weighted by atomic mass is 35.5. The van der Waals surface area contributed by atoms with E-state index in [0.29, 0.717) is 18.2 Å². The number of hydrogen-bond donors (Lipinski definition) is 1. The molecule has 1 amide bonds. The summed E-state index contributed by atoms with van der Waals surface area (Å²) in [5.41, 5.74) is 2.19. The molecule has 0 unspecified atom stereocenters. The molecule has 1 rings (SSSR count). The highest BCUT2D eigenvalue weighted by Crippen LogP contribution is 2.06. The molecule has 0 saturated carbocycles. The summed E-state index contributed by atoms with van der Waals surface area (Å²) in [4.78, 5) is 11.2. The third-order valence-corrected chi connectivity index (χ3v) is 2.80. The summed E-state index contributed by atoms with van der Waals surface area (Å²) in [5, 5.41) is 2.84. The Morgan fingerprint density at radius 2 is 1.93 bits per heavy atom. The Labute approximate surface area is 99.4 Å². The van der Waals surface area contributed by atoms with Crippen molar-refractivity contribution in [2.75, 3.05) is 12.0 Å². The van der Waals surface area contributed by atoms with Crippen molar-refractivity contribution in [1.82, 2.24) is 5.32 Å². The van der Waals surface area contributed by atoms with Crippen molar-refractivity contribution in [3.8, 4) is 0 Å². The molecule has 0 saturated heterocycles. The predicted octanol–water partition coefficient (Wildman–Crippen LogP) is 2.40. The van der Waals surface area contributed by atoms with Crippen molar-refractivity contribution in [1.29, 1.82) is 0 Å². The van der Waals surface area contributed by atoms with Crippen LogP contribution >= 0.6 is 23.4 Å². The van der Waals surface area contributed by atoms with E-state index in [2.05, 4.69) is 5.32 Å². The fraction of sp³-hybridized carbons (Fsp3) is 0.364. The smallest absolute Gasteiger partial charge is 0.230 e. The molecule has 0 aliphatic rings. The van der Waals surface area contributed by atoms with E-state index in [0.717, 1.165) is 11.1 Å². The van der Waals surface area contributed by atoms with Crippen molar-refractivity contribution < 1.29 is 4.79 Å². The minimum atomic E-state index is 0.0731. The second kappa shape index (κ2) is 6.75. The van der Waals surface area contributed by atoms with Gasteiger partial charge in [0.1, 0.15) is 0 Å². The highest BCUT2D eigenvalue weighted by molar-refractivity contribution is 7.99. The average molecular weight is 244 g/mol. The summed E-state index contributed by atoms with van der Waals surface area (Å²) in [5.74, 6) is 1.11. The summed E-state index contributed by atoms with van der Waals surface area (Å²) in [6.07, 6.45) is 1.91.